The second-order valence-electron chi connectivity index (χ2n) is 4.37. The molecule has 2 aliphatic rings. The number of hydrogen-bond donors (Lipinski definition) is 1. The van der Waals surface area contributed by atoms with Crippen molar-refractivity contribution in [3.63, 3.8) is 0 Å². The molecular formula is C11H20N2S. The zero-order chi connectivity index (χ0) is 9.97. The molecule has 0 aromatic heterocycles. The van der Waals surface area contributed by atoms with Crippen LogP contribution in [0.1, 0.15) is 38.5 Å². The van der Waals surface area contributed by atoms with Crippen molar-refractivity contribution in [3.8, 4) is 0 Å². The number of amidine groups is 1. The quantitative estimate of drug-likeness (QED) is 0.762. The zero-order valence-electron chi connectivity index (χ0n) is 8.96. The van der Waals surface area contributed by atoms with Crippen LogP contribution in [0.25, 0.3) is 0 Å². The van der Waals surface area contributed by atoms with Gasteiger partial charge in [-0.15, -0.1) is 0 Å². The van der Waals surface area contributed by atoms with Crippen LogP contribution < -0.4 is 0 Å². The summed E-state index contributed by atoms with van der Waals surface area (Å²) < 4.78 is 0. The molecule has 14 heavy (non-hydrogen) atoms. The van der Waals surface area contributed by atoms with E-state index in [0.717, 1.165) is 24.1 Å². The molecule has 0 amide bonds. The largest absolute Gasteiger partial charge is 0.356 e. The Morgan fingerprint density at radius 2 is 2.14 bits per heavy atom. The lowest BCUT2D eigenvalue weighted by Crippen LogP contribution is -2.45. The Labute approximate surface area is 90.9 Å². The van der Waals surface area contributed by atoms with Crippen LogP contribution in [-0.4, -0.2) is 34.8 Å². The van der Waals surface area contributed by atoms with Crippen molar-refractivity contribution in [1.82, 2.24) is 4.90 Å². The summed E-state index contributed by atoms with van der Waals surface area (Å²) in [4.78, 5) is 2.39. The van der Waals surface area contributed by atoms with Crippen molar-refractivity contribution in [1.29, 1.82) is 5.41 Å². The van der Waals surface area contributed by atoms with Gasteiger partial charge in [-0.2, -0.15) is 11.8 Å². The molecule has 2 nitrogen and oxygen atoms in total. The predicted molar refractivity (Wildman–Crippen MR) is 63.2 cm³/mol. The molecule has 2 atom stereocenters. The summed E-state index contributed by atoms with van der Waals surface area (Å²) in [5.74, 6) is 0.905. The van der Waals surface area contributed by atoms with Gasteiger partial charge in [0.1, 0.15) is 0 Å². The number of thioether (sulfide) groups is 1. The van der Waals surface area contributed by atoms with E-state index >= 15 is 0 Å². The van der Waals surface area contributed by atoms with E-state index in [4.69, 9.17) is 5.41 Å². The van der Waals surface area contributed by atoms with Crippen molar-refractivity contribution >= 4 is 17.6 Å². The molecule has 1 saturated carbocycles. The molecule has 0 radical (unpaired) electrons. The van der Waals surface area contributed by atoms with Crippen molar-refractivity contribution in [2.75, 3.05) is 12.8 Å². The summed E-state index contributed by atoms with van der Waals surface area (Å²) in [5, 5.41) is 8.78. The SMILES string of the molecule is CSC1CCCC1N1CCCCC1=N. The molecule has 1 aliphatic heterocycles. The maximum atomic E-state index is 7.99. The molecule has 3 heteroatoms. The van der Waals surface area contributed by atoms with Crippen LogP contribution >= 0.6 is 11.8 Å². The summed E-state index contributed by atoms with van der Waals surface area (Å²) in [6, 6.07) is 0.679. The first-order valence-corrected chi connectivity index (χ1v) is 6.98. The van der Waals surface area contributed by atoms with Gasteiger partial charge in [0.25, 0.3) is 0 Å². The molecule has 1 aliphatic carbocycles. The van der Waals surface area contributed by atoms with E-state index in [1.165, 1.54) is 32.1 Å². The Kier molecular flexibility index (Phi) is 3.37. The number of rotatable bonds is 2. The van der Waals surface area contributed by atoms with E-state index < -0.39 is 0 Å². The molecule has 1 saturated heterocycles. The van der Waals surface area contributed by atoms with Gasteiger partial charge in [0, 0.05) is 24.3 Å². The minimum Gasteiger partial charge on any atom is -0.356 e. The van der Waals surface area contributed by atoms with Crippen molar-refractivity contribution in [3.05, 3.63) is 0 Å². The van der Waals surface area contributed by atoms with Crippen LogP contribution in [0, 0.1) is 5.41 Å². The Morgan fingerprint density at radius 3 is 2.86 bits per heavy atom. The van der Waals surface area contributed by atoms with Gasteiger partial charge in [-0.1, -0.05) is 6.42 Å². The first-order valence-electron chi connectivity index (χ1n) is 5.70. The van der Waals surface area contributed by atoms with E-state index in [1.54, 1.807) is 0 Å². The lowest BCUT2D eigenvalue weighted by atomic mass is 10.1. The molecule has 1 N–H and O–H groups in total. The van der Waals surface area contributed by atoms with Crippen molar-refractivity contribution < 1.29 is 0 Å². The average Bonchev–Trinajstić information content (AvgIpc) is 2.66. The number of hydrogen-bond acceptors (Lipinski definition) is 2. The van der Waals surface area contributed by atoms with E-state index in [0.29, 0.717) is 6.04 Å². The van der Waals surface area contributed by atoms with Gasteiger partial charge in [-0.3, -0.25) is 5.41 Å². The van der Waals surface area contributed by atoms with Crippen LogP contribution in [0.5, 0.6) is 0 Å². The third-order valence-electron chi connectivity index (χ3n) is 3.53. The van der Waals surface area contributed by atoms with Gasteiger partial charge >= 0.3 is 0 Å². The maximum absolute atomic E-state index is 7.99. The zero-order valence-corrected chi connectivity index (χ0v) is 9.78. The molecule has 0 aromatic carbocycles. The molecule has 2 unspecified atom stereocenters. The predicted octanol–water partition coefficient (Wildman–Crippen LogP) is 2.73. The van der Waals surface area contributed by atoms with E-state index in [-0.39, 0.29) is 0 Å². The van der Waals surface area contributed by atoms with E-state index in [1.807, 2.05) is 11.8 Å². The molecule has 1 heterocycles. The van der Waals surface area contributed by atoms with Crippen LogP contribution in [0.3, 0.4) is 0 Å². The third-order valence-corrected chi connectivity index (χ3v) is 4.69. The molecule has 2 fully saturated rings. The topological polar surface area (TPSA) is 27.1 Å². The highest BCUT2D eigenvalue weighted by Gasteiger charge is 2.33. The summed E-state index contributed by atoms with van der Waals surface area (Å²) in [6.07, 6.45) is 9.78. The van der Waals surface area contributed by atoms with Crippen molar-refractivity contribution in [2.45, 2.75) is 49.8 Å². The normalized spacial score (nSPS) is 33.8. The van der Waals surface area contributed by atoms with Gasteiger partial charge in [0.05, 0.1) is 5.84 Å². The summed E-state index contributed by atoms with van der Waals surface area (Å²) in [6.45, 7) is 1.14. The van der Waals surface area contributed by atoms with Gasteiger partial charge in [0.15, 0.2) is 0 Å². The van der Waals surface area contributed by atoms with Crippen LogP contribution in [-0.2, 0) is 0 Å². The fourth-order valence-electron chi connectivity index (χ4n) is 2.76. The fraction of sp³-hybridized carbons (Fsp3) is 0.909. The summed E-state index contributed by atoms with van der Waals surface area (Å²) >= 11 is 2.00. The first-order chi connectivity index (χ1) is 6.83. The molecule has 2 rings (SSSR count). The smallest absolute Gasteiger partial charge is 0.0960 e. The molecular weight excluding hydrogens is 192 g/mol. The molecule has 80 valence electrons. The van der Waals surface area contributed by atoms with Crippen LogP contribution in [0.4, 0.5) is 0 Å². The Hall–Kier alpha value is -0.180. The minimum atomic E-state index is 0.679. The monoisotopic (exact) mass is 212 g/mol. The van der Waals surface area contributed by atoms with Crippen molar-refractivity contribution in [2.24, 2.45) is 0 Å². The van der Waals surface area contributed by atoms with Crippen LogP contribution in [0.15, 0.2) is 0 Å². The van der Waals surface area contributed by atoms with Gasteiger partial charge in [-0.25, -0.2) is 0 Å². The lowest BCUT2D eigenvalue weighted by molar-refractivity contribution is 0.287. The highest BCUT2D eigenvalue weighted by Crippen LogP contribution is 2.33. The number of nitrogens with zero attached hydrogens (tertiary/aromatic N) is 1. The average molecular weight is 212 g/mol. The van der Waals surface area contributed by atoms with Crippen LogP contribution in [0.2, 0.25) is 0 Å². The maximum Gasteiger partial charge on any atom is 0.0960 e. The Bertz CT molecular complexity index is 217. The Morgan fingerprint density at radius 1 is 1.29 bits per heavy atom. The van der Waals surface area contributed by atoms with Gasteiger partial charge in [0.2, 0.25) is 0 Å². The minimum absolute atomic E-state index is 0.679. The van der Waals surface area contributed by atoms with Gasteiger partial charge < -0.3 is 4.90 Å². The van der Waals surface area contributed by atoms with E-state index in [9.17, 15) is 0 Å². The molecule has 0 bridgehead atoms. The second-order valence-corrected chi connectivity index (χ2v) is 5.45. The highest BCUT2D eigenvalue weighted by atomic mass is 32.2. The molecule has 0 spiro atoms. The number of likely N-dealkylation sites (tertiary alicyclic amines) is 1. The number of piperidine rings is 1. The summed E-state index contributed by atoms with van der Waals surface area (Å²) in [7, 11) is 0. The lowest BCUT2D eigenvalue weighted by Gasteiger charge is -2.37. The highest BCUT2D eigenvalue weighted by molar-refractivity contribution is 7.99. The first kappa shape index (κ1) is 10.3. The fourth-order valence-corrected chi connectivity index (χ4v) is 3.76. The Balaban J connectivity index is 2.01. The van der Waals surface area contributed by atoms with E-state index in [2.05, 4.69) is 11.2 Å². The number of nitrogens with one attached hydrogen (secondary N) is 1. The van der Waals surface area contributed by atoms with Gasteiger partial charge in [-0.05, 0) is 31.9 Å². The standard InChI is InChI=1S/C11H20N2S/c1-14-10-6-4-5-9(10)13-8-3-2-7-11(13)12/h9-10,12H,2-8H2,1H3. The third kappa shape index (κ3) is 1.92. The molecule has 0 aromatic rings. The second kappa shape index (κ2) is 4.56. The summed E-state index contributed by atoms with van der Waals surface area (Å²) in [5.41, 5.74) is 0.